The van der Waals surface area contributed by atoms with E-state index in [-0.39, 0.29) is 29.6 Å². The first kappa shape index (κ1) is 33.3. The minimum Gasteiger partial charge on any atom is -0.385 e. The van der Waals surface area contributed by atoms with Crippen molar-refractivity contribution < 1.29 is 50.7 Å². The van der Waals surface area contributed by atoms with Crippen molar-refractivity contribution in [1.82, 2.24) is 0 Å². The van der Waals surface area contributed by atoms with Gasteiger partial charge in [-0.25, -0.2) is 0 Å². The molecule has 4 unspecified atom stereocenters. The molecule has 1 N–H and O–H groups in total. The van der Waals surface area contributed by atoms with E-state index in [9.17, 15) is 27.1 Å². The van der Waals surface area contributed by atoms with E-state index in [2.05, 4.69) is 13.8 Å². The van der Waals surface area contributed by atoms with Crippen LogP contribution >= 0.6 is 0 Å². The van der Waals surface area contributed by atoms with Crippen molar-refractivity contribution in [3.8, 4) is 0 Å². The van der Waals surface area contributed by atoms with Gasteiger partial charge in [0.25, 0.3) is 0 Å². The number of alkyl halides is 5. The van der Waals surface area contributed by atoms with E-state index >= 15 is 0 Å². The molecule has 5 aliphatic rings. The Morgan fingerprint density at radius 3 is 2.16 bits per heavy atom. The van der Waals surface area contributed by atoms with Crippen LogP contribution in [0.5, 0.6) is 0 Å². The van der Waals surface area contributed by atoms with Gasteiger partial charge < -0.3 is 28.8 Å². The van der Waals surface area contributed by atoms with Crippen molar-refractivity contribution in [2.24, 2.45) is 22.7 Å². The Morgan fingerprint density at radius 1 is 0.911 bits per heavy atom. The SMILES string of the molecule is COC(OC)c1ccc([C@H]2CC3(C)C(OC(F)(F)C(F)(F)F)CCC3C3CC[C@@]4(O)CC5(CCC4=C32)OCC(C)(C)CO5)cc1. The second-order valence-electron chi connectivity index (χ2n) is 15.0. The molecule has 252 valence electrons. The minimum atomic E-state index is -5.80. The van der Waals surface area contributed by atoms with E-state index < -0.39 is 41.5 Å². The third kappa shape index (κ3) is 5.67. The normalized spacial score (nSPS) is 36.2. The topological polar surface area (TPSA) is 66.4 Å². The highest BCUT2D eigenvalue weighted by atomic mass is 19.4. The number of hydrogen-bond donors (Lipinski definition) is 1. The second kappa shape index (κ2) is 11.2. The number of halogens is 5. The fourth-order valence-electron chi connectivity index (χ4n) is 9.20. The summed E-state index contributed by atoms with van der Waals surface area (Å²) in [5, 5.41) is 12.3. The number of allylic oxidation sites excluding steroid dienone is 1. The summed E-state index contributed by atoms with van der Waals surface area (Å²) in [6.07, 6.45) is -9.47. The van der Waals surface area contributed by atoms with Crippen LogP contribution < -0.4 is 0 Å². The van der Waals surface area contributed by atoms with Gasteiger partial charge in [0.05, 0.1) is 24.9 Å². The monoisotopic (exact) mass is 644 g/mol. The maximum absolute atomic E-state index is 14.3. The van der Waals surface area contributed by atoms with Crippen molar-refractivity contribution in [2.45, 2.75) is 114 Å². The lowest BCUT2D eigenvalue weighted by Gasteiger charge is -2.57. The quantitative estimate of drug-likeness (QED) is 0.194. The van der Waals surface area contributed by atoms with Gasteiger partial charge in [0.15, 0.2) is 12.1 Å². The Labute approximate surface area is 261 Å². The zero-order valence-electron chi connectivity index (χ0n) is 26.6. The van der Waals surface area contributed by atoms with Gasteiger partial charge in [-0.3, -0.25) is 0 Å². The van der Waals surface area contributed by atoms with Gasteiger partial charge in [-0.2, -0.15) is 22.0 Å². The highest BCUT2D eigenvalue weighted by Gasteiger charge is 2.66. The molecular weight excluding hydrogens is 599 g/mol. The van der Waals surface area contributed by atoms with E-state index in [0.29, 0.717) is 58.2 Å². The van der Waals surface area contributed by atoms with Crippen LogP contribution in [0.25, 0.3) is 0 Å². The van der Waals surface area contributed by atoms with Crippen LogP contribution in [0, 0.1) is 22.7 Å². The molecule has 6 atom stereocenters. The fourth-order valence-corrected chi connectivity index (χ4v) is 9.20. The lowest BCUT2D eigenvalue weighted by Crippen LogP contribution is -2.57. The number of aliphatic hydroxyl groups is 1. The van der Waals surface area contributed by atoms with Gasteiger partial charge in [0, 0.05) is 44.0 Å². The molecule has 0 amide bonds. The summed E-state index contributed by atoms with van der Waals surface area (Å²) in [5.41, 5.74) is 1.54. The molecule has 4 fully saturated rings. The smallest absolute Gasteiger partial charge is 0.385 e. The summed E-state index contributed by atoms with van der Waals surface area (Å²) in [4.78, 5) is 0. The summed E-state index contributed by atoms with van der Waals surface area (Å²) in [5.74, 6) is -1.41. The van der Waals surface area contributed by atoms with Gasteiger partial charge >= 0.3 is 12.3 Å². The molecule has 1 aromatic rings. The van der Waals surface area contributed by atoms with Crippen molar-refractivity contribution in [3.05, 3.63) is 46.5 Å². The van der Waals surface area contributed by atoms with Crippen LogP contribution in [0.15, 0.2) is 35.4 Å². The highest BCUT2D eigenvalue weighted by molar-refractivity contribution is 5.44. The molecule has 3 saturated carbocycles. The van der Waals surface area contributed by atoms with Crippen LogP contribution in [-0.2, 0) is 23.7 Å². The maximum atomic E-state index is 14.3. The second-order valence-corrected chi connectivity index (χ2v) is 15.0. The number of fused-ring (bicyclic) bond motifs is 4. The van der Waals surface area contributed by atoms with Crippen LogP contribution in [-0.4, -0.2) is 62.3 Å². The molecule has 1 spiro atoms. The molecule has 6 nitrogen and oxygen atoms in total. The molecule has 45 heavy (non-hydrogen) atoms. The third-order valence-electron chi connectivity index (χ3n) is 11.4. The van der Waals surface area contributed by atoms with Gasteiger partial charge in [0.2, 0.25) is 0 Å². The predicted octanol–water partition coefficient (Wildman–Crippen LogP) is 7.81. The van der Waals surface area contributed by atoms with Gasteiger partial charge in [-0.15, -0.1) is 0 Å². The summed E-state index contributed by atoms with van der Waals surface area (Å²) in [6, 6.07) is 7.67. The minimum absolute atomic E-state index is 0.0799. The average Bonchev–Trinajstić information content (AvgIpc) is 3.29. The van der Waals surface area contributed by atoms with E-state index in [1.54, 1.807) is 0 Å². The van der Waals surface area contributed by atoms with Crippen LogP contribution in [0.4, 0.5) is 22.0 Å². The first-order valence-electron chi connectivity index (χ1n) is 16.0. The lowest BCUT2D eigenvalue weighted by molar-refractivity contribution is -0.408. The number of hydrogen-bond acceptors (Lipinski definition) is 6. The number of ether oxygens (including phenoxy) is 5. The van der Waals surface area contributed by atoms with E-state index in [1.807, 2.05) is 31.2 Å². The molecular formula is C34H45F5O6. The molecule has 1 aromatic carbocycles. The molecule has 6 rings (SSSR count). The number of methoxy groups -OCH3 is 2. The largest absolute Gasteiger partial charge is 0.482 e. The number of benzene rings is 1. The van der Waals surface area contributed by atoms with Crippen LogP contribution in [0.2, 0.25) is 0 Å². The fraction of sp³-hybridized carbons (Fsp3) is 0.765. The Bertz CT molecular complexity index is 1280. The zero-order chi connectivity index (χ0) is 32.6. The Hall–Kier alpha value is -1.63. The Morgan fingerprint density at radius 2 is 1.56 bits per heavy atom. The first-order valence-corrected chi connectivity index (χ1v) is 16.0. The van der Waals surface area contributed by atoms with Crippen LogP contribution in [0.3, 0.4) is 0 Å². The summed E-state index contributed by atoms with van der Waals surface area (Å²) >= 11 is 0. The van der Waals surface area contributed by atoms with Crippen molar-refractivity contribution >= 4 is 0 Å². The summed E-state index contributed by atoms with van der Waals surface area (Å²) in [7, 11) is 3.08. The Kier molecular flexibility index (Phi) is 8.30. The van der Waals surface area contributed by atoms with Gasteiger partial charge in [-0.1, -0.05) is 50.6 Å². The molecule has 0 aromatic heterocycles. The molecule has 0 radical (unpaired) electrons. The average molecular weight is 645 g/mol. The standard InChI is InChI=1S/C34H45F5O6/c1-29(2)18-43-32(44-19-29)15-13-25-27-22(12-14-31(25,40)17-32)24-10-11-26(45-34(38,39)33(35,36)37)30(24,3)16-23(27)20-6-8-21(9-7-20)28(41-4)42-5/h6-9,22-24,26,28,40H,10-19H2,1-5H3/t22?,23-,24?,26?,30?,31-/m1/s1. The molecule has 4 aliphatic carbocycles. The van der Waals surface area contributed by atoms with Gasteiger partial charge in [0.1, 0.15) is 0 Å². The van der Waals surface area contributed by atoms with Crippen LogP contribution in [0.1, 0.15) is 95.5 Å². The predicted molar refractivity (Wildman–Crippen MR) is 154 cm³/mol. The number of rotatable bonds is 6. The molecule has 11 heteroatoms. The van der Waals surface area contributed by atoms with E-state index in [1.165, 1.54) is 14.2 Å². The molecule has 0 bridgehead atoms. The van der Waals surface area contributed by atoms with Crippen molar-refractivity contribution in [3.63, 3.8) is 0 Å². The van der Waals surface area contributed by atoms with Crippen molar-refractivity contribution in [1.29, 1.82) is 0 Å². The third-order valence-corrected chi connectivity index (χ3v) is 11.4. The molecule has 1 heterocycles. The highest BCUT2D eigenvalue weighted by Crippen LogP contribution is 2.66. The summed E-state index contributed by atoms with van der Waals surface area (Å²) in [6.45, 7) is 7.03. The van der Waals surface area contributed by atoms with E-state index in [4.69, 9.17) is 23.7 Å². The van der Waals surface area contributed by atoms with Gasteiger partial charge in [-0.05, 0) is 66.9 Å². The first-order chi connectivity index (χ1) is 21.0. The van der Waals surface area contributed by atoms with E-state index in [0.717, 1.165) is 22.3 Å². The van der Waals surface area contributed by atoms with Crippen molar-refractivity contribution in [2.75, 3.05) is 27.4 Å². The summed E-state index contributed by atoms with van der Waals surface area (Å²) < 4.78 is 96.6. The molecule has 1 saturated heterocycles. The lowest BCUT2D eigenvalue weighted by atomic mass is 9.51. The Balaban J connectivity index is 1.40. The molecule has 1 aliphatic heterocycles. The zero-order valence-corrected chi connectivity index (χ0v) is 26.6. The maximum Gasteiger partial charge on any atom is 0.482 e.